The number of rotatable bonds is 5. The third kappa shape index (κ3) is 3.77. The number of nitrogens with zero attached hydrogens (tertiary/aromatic N) is 2. The molecule has 0 aliphatic heterocycles. The summed E-state index contributed by atoms with van der Waals surface area (Å²) in [6, 6.07) is 9.20. The van der Waals surface area contributed by atoms with Crippen molar-refractivity contribution in [3.8, 4) is 11.8 Å². The first-order valence-electron chi connectivity index (χ1n) is 5.04. The monoisotopic (exact) mass is 262 g/mol. The molecule has 0 spiro atoms. The van der Waals surface area contributed by atoms with Gasteiger partial charge in [0.05, 0.1) is 18.2 Å². The highest BCUT2D eigenvalue weighted by Gasteiger charge is 1.98. The Labute approximate surface area is 108 Å². The minimum atomic E-state index is 0.635. The molecule has 3 nitrogen and oxygen atoms in total. The second-order valence-corrected chi connectivity index (χ2v) is 5.37. The average Bonchev–Trinajstić information content (AvgIpc) is 2.88. The van der Waals surface area contributed by atoms with E-state index in [4.69, 9.17) is 10.00 Å². The normalized spacial score (nSPS) is 9.82. The number of nitriles is 1. The molecule has 2 rings (SSSR count). The van der Waals surface area contributed by atoms with Gasteiger partial charge in [0.15, 0.2) is 0 Å². The Bertz CT molecular complexity index is 488. The average molecular weight is 262 g/mol. The lowest BCUT2D eigenvalue weighted by Crippen LogP contribution is -1.99. The van der Waals surface area contributed by atoms with Gasteiger partial charge >= 0.3 is 0 Å². The van der Waals surface area contributed by atoms with Gasteiger partial charge in [0.1, 0.15) is 10.1 Å². The fourth-order valence-electron chi connectivity index (χ4n) is 1.20. The number of ether oxygens (including phenoxy) is 1. The molecule has 0 aliphatic carbocycles. The van der Waals surface area contributed by atoms with Crippen LogP contribution in [-0.2, 0) is 0 Å². The van der Waals surface area contributed by atoms with Crippen molar-refractivity contribution in [2.24, 2.45) is 0 Å². The molecule has 1 aromatic heterocycles. The summed E-state index contributed by atoms with van der Waals surface area (Å²) in [5.74, 6) is 1.66. The summed E-state index contributed by atoms with van der Waals surface area (Å²) in [4.78, 5) is 4.17. The predicted molar refractivity (Wildman–Crippen MR) is 69.5 cm³/mol. The summed E-state index contributed by atoms with van der Waals surface area (Å²) >= 11 is 3.32. The number of hydrogen-bond acceptors (Lipinski definition) is 5. The van der Waals surface area contributed by atoms with Crippen LogP contribution >= 0.6 is 23.1 Å². The molecule has 0 atom stereocenters. The van der Waals surface area contributed by atoms with Gasteiger partial charge in [-0.3, -0.25) is 0 Å². The Morgan fingerprint density at radius 1 is 1.35 bits per heavy atom. The van der Waals surface area contributed by atoms with Crippen LogP contribution in [-0.4, -0.2) is 17.3 Å². The Balaban J connectivity index is 1.73. The molecule has 2 aromatic rings. The van der Waals surface area contributed by atoms with Crippen molar-refractivity contribution in [1.82, 2.24) is 4.98 Å². The minimum Gasteiger partial charge on any atom is -0.493 e. The van der Waals surface area contributed by atoms with Gasteiger partial charge in [0.2, 0.25) is 0 Å². The van der Waals surface area contributed by atoms with Gasteiger partial charge in [-0.05, 0) is 24.3 Å². The zero-order chi connectivity index (χ0) is 11.9. The number of thiazole rings is 1. The van der Waals surface area contributed by atoms with E-state index in [1.54, 1.807) is 41.4 Å². The minimum absolute atomic E-state index is 0.635. The maximum absolute atomic E-state index is 8.65. The summed E-state index contributed by atoms with van der Waals surface area (Å²) in [5, 5.41) is 10.6. The molecule has 0 fully saturated rings. The number of aromatic nitrogens is 1. The zero-order valence-electron chi connectivity index (χ0n) is 9.00. The molecule has 86 valence electrons. The fourth-order valence-corrected chi connectivity index (χ4v) is 2.72. The summed E-state index contributed by atoms with van der Waals surface area (Å²) in [6.45, 7) is 0.635. The van der Waals surface area contributed by atoms with Gasteiger partial charge in [-0.15, -0.1) is 11.3 Å². The van der Waals surface area contributed by atoms with Gasteiger partial charge in [-0.2, -0.15) is 5.26 Å². The van der Waals surface area contributed by atoms with Gasteiger partial charge < -0.3 is 4.74 Å². The van der Waals surface area contributed by atoms with Crippen LogP contribution in [0.1, 0.15) is 5.56 Å². The van der Waals surface area contributed by atoms with Crippen molar-refractivity contribution >= 4 is 23.1 Å². The third-order valence-electron chi connectivity index (χ3n) is 1.97. The van der Waals surface area contributed by atoms with E-state index in [1.807, 2.05) is 17.5 Å². The maximum atomic E-state index is 8.65. The van der Waals surface area contributed by atoms with E-state index in [0.29, 0.717) is 12.2 Å². The van der Waals surface area contributed by atoms with Gasteiger partial charge in [-0.25, -0.2) is 4.98 Å². The van der Waals surface area contributed by atoms with Crippen LogP contribution in [0.5, 0.6) is 5.75 Å². The predicted octanol–water partition coefficient (Wildman–Crippen LogP) is 3.19. The first-order valence-corrected chi connectivity index (χ1v) is 6.90. The molecule has 0 saturated heterocycles. The lowest BCUT2D eigenvalue weighted by molar-refractivity contribution is 0.344. The molecule has 1 aromatic carbocycles. The van der Waals surface area contributed by atoms with Gasteiger partial charge in [0.25, 0.3) is 0 Å². The fraction of sp³-hybridized carbons (Fsp3) is 0.167. The largest absolute Gasteiger partial charge is 0.493 e. The number of hydrogen-bond donors (Lipinski definition) is 0. The standard InChI is InChI=1S/C12H10N2OS2/c13-9-10-1-3-11(4-2-10)15-6-8-17-12-14-5-7-16-12/h1-5,7H,6,8H2. The molecular formula is C12H10N2OS2. The third-order valence-corrected chi connectivity index (χ3v) is 3.90. The maximum Gasteiger partial charge on any atom is 0.149 e. The smallest absolute Gasteiger partial charge is 0.149 e. The Hall–Kier alpha value is -1.51. The van der Waals surface area contributed by atoms with Crippen LogP contribution < -0.4 is 4.74 Å². The molecule has 0 amide bonds. The van der Waals surface area contributed by atoms with Crippen molar-refractivity contribution in [3.05, 3.63) is 41.4 Å². The summed E-state index contributed by atoms with van der Waals surface area (Å²) in [7, 11) is 0. The first kappa shape index (κ1) is 12.0. The van der Waals surface area contributed by atoms with E-state index in [-0.39, 0.29) is 0 Å². The number of benzene rings is 1. The topological polar surface area (TPSA) is 45.9 Å². The van der Waals surface area contributed by atoms with Crippen molar-refractivity contribution < 1.29 is 4.74 Å². The van der Waals surface area contributed by atoms with Crippen molar-refractivity contribution in [2.75, 3.05) is 12.4 Å². The SMILES string of the molecule is N#Cc1ccc(OCCSc2nccs2)cc1. The molecule has 0 bridgehead atoms. The highest BCUT2D eigenvalue weighted by atomic mass is 32.2. The molecule has 0 saturated carbocycles. The van der Waals surface area contributed by atoms with Gasteiger partial charge in [-0.1, -0.05) is 11.8 Å². The van der Waals surface area contributed by atoms with Crippen LogP contribution in [0.2, 0.25) is 0 Å². The highest BCUT2D eigenvalue weighted by molar-refractivity contribution is 8.01. The Morgan fingerprint density at radius 2 is 2.18 bits per heavy atom. The second-order valence-electron chi connectivity index (χ2n) is 3.13. The van der Waals surface area contributed by atoms with E-state index in [0.717, 1.165) is 15.8 Å². The van der Waals surface area contributed by atoms with E-state index in [1.165, 1.54) is 0 Å². The van der Waals surface area contributed by atoms with E-state index >= 15 is 0 Å². The quantitative estimate of drug-likeness (QED) is 0.613. The van der Waals surface area contributed by atoms with Gasteiger partial charge in [0, 0.05) is 17.3 Å². The molecule has 0 unspecified atom stereocenters. The van der Waals surface area contributed by atoms with E-state index in [9.17, 15) is 0 Å². The van der Waals surface area contributed by atoms with Crippen LogP contribution in [0.25, 0.3) is 0 Å². The van der Waals surface area contributed by atoms with Crippen molar-refractivity contribution in [3.63, 3.8) is 0 Å². The van der Waals surface area contributed by atoms with E-state index < -0.39 is 0 Å². The van der Waals surface area contributed by atoms with Crippen molar-refractivity contribution in [2.45, 2.75) is 4.34 Å². The van der Waals surface area contributed by atoms with Crippen LogP contribution in [0.3, 0.4) is 0 Å². The number of thioether (sulfide) groups is 1. The molecule has 0 radical (unpaired) electrons. The molecule has 1 heterocycles. The summed E-state index contributed by atoms with van der Waals surface area (Å²) in [5.41, 5.74) is 0.648. The summed E-state index contributed by atoms with van der Waals surface area (Å²) in [6.07, 6.45) is 1.80. The lowest BCUT2D eigenvalue weighted by Gasteiger charge is -2.04. The van der Waals surface area contributed by atoms with Crippen LogP contribution in [0.15, 0.2) is 40.2 Å². The highest BCUT2D eigenvalue weighted by Crippen LogP contribution is 2.20. The van der Waals surface area contributed by atoms with Crippen LogP contribution in [0.4, 0.5) is 0 Å². The summed E-state index contributed by atoms with van der Waals surface area (Å²) < 4.78 is 6.61. The molecule has 5 heteroatoms. The molecule has 0 N–H and O–H groups in total. The lowest BCUT2D eigenvalue weighted by atomic mass is 10.2. The Kier molecular flexibility index (Phi) is 4.42. The van der Waals surface area contributed by atoms with E-state index in [2.05, 4.69) is 11.1 Å². The molecular weight excluding hydrogens is 252 g/mol. The zero-order valence-corrected chi connectivity index (χ0v) is 10.6. The first-order chi connectivity index (χ1) is 8.38. The molecule has 0 aliphatic rings. The Morgan fingerprint density at radius 3 is 2.82 bits per heavy atom. The van der Waals surface area contributed by atoms with Crippen molar-refractivity contribution in [1.29, 1.82) is 5.26 Å². The van der Waals surface area contributed by atoms with Crippen LogP contribution in [0, 0.1) is 11.3 Å². The molecule has 17 heavy (non-hydrogen) atoms. The second kappa shape index (κ2) is 6.28.